The minimum absolute atomic E-state index is 0.115. The summed E-state index contributed by atoms with van der Waals surface area (Å²) in [5, 5.41) is 5.52. The van der Waals surface area contributed by atoms with E-state index in [2.05, 4.69) is 5.32 Å². The summed E-state index contributed by atoms with van der Waals surface area (Å²) < 4.78 is 16.1. The van der Waals surface area contributed by atoms with Crippen molar-refractivity contribution in [1.29, 1.82) is 0 Å². The summed E-state index contributed by atoms with van der Waals surface area (Å²) in [6.45, 7) is 1.75. The second kappa shape index (κ2) is 8.29. The van der Waals surface area contributed by atoms with Crippen molar-refractivity contribution >= 4 is 33.6 Å². The van der Waals surface area contributed by atoms with Crippen LogP contribution in [0.1, 0.15) is 21.7 Å². The highest BCUT2D eigenvalue weighted by Crippen LogP contribution is 2.32. The van der Waals surface area contributed by atoms with Crippen molar-refractivity contribution in [2.24, 2.45) is 0 Å². The summed E-state index contributed by atoms with van der Waals surface area (Å²) in [6.07, 6.45) is 0. The normalized spacial score (nSPS) is 10.9. The van der Waals surface area contributed by atoms with Crippen molar-refractivity contribution in [3.05, 3.63) is 77.6 Å². The predicted octanol–water partition coefficient (Wildman–Crippen LogP) is 4.38. The number of carbonyl (C=O) groups excluding carboxylic acids is 2. The summed E-state index contributed by atoms with van der Waals surface area (Å²) in [5.74, 6) is -0.192. The number of ether oxygens (including phenoxy) is 2. The Morgan fingerprint density at radius 1 is 0.967 bits per heavy atom. The first-order valence-corrected chi connectivity index (χ1v) is 9.54. The maximum Gasteiger partial charge on any atom is 0.375 e. The van der Waals surface area contributed by atoms with E-state index in [1.54, 1.807) is 14.0 Å². The van der Waals surface area contributed by atoms with Crippen LogP contribution in [0.3, 0.4) is 0 Å². The monoisotopic (exact) mass is 403 g/mol. The van der Waals surface area contributed by atoms with Gasteiger partial charge in [0.05, 0.1) is 7.11 Å². The third-order valence-electron chi connectivity index (χ3n) is 5.00. The zero-order valence-corrected chi connectivity index (χ0v) is 16.7. The molecule has 6 heteroatoms. The Balaban J connectivity index is 1.41. The molecule has 0 saturated carbocycles. The molecule has 0 spiro atoms. The second-order valence-electron chi connectivity index (χ2n) is 6.92. The topological polar surface area (TPSA) is 77.8 Å². The molecule has 0 bridgehead atoms. The molecule has 0 atom stereocenters. The molecule has 3 aromatic carbocycles. The van der Waals surface area contributed by atoms with Crippen molar-refractivity contribution in [2.45, 2.75) is 13.5 Å². The van der Waals surface area contributed by atoms with E-state index in [9.17, 15) is 9.59 Å². The lowest BCUT2D eigenvalue weighted by Crippen LogP contribution is -2.28. The van der Waals surface area contributed by atoms with Gasteiger partial charge in [-0.1, -0.05) is 48.5 Å². The fourth-order valence-electron chi connectivity index (χ4n) is 3.34. The number of hydrogen-bond donors (Lipinski definition) is 1. The van der Waals surface area contributed by atoms with Crippen LogP contribution in [-0.4, -0.2) is 25.6 Å². The number of fused-ring (bicyclic) bond motifs is 3. The van der Waals surface area contributed by atoms with Gasteiger partial charge in [0.2, 0.25) is 5.76 Å². The molecule has 1 N–H and O–H groups in total. The van der Waals surface area contributed by atoms with Gasteiger partial charge >= 0.3 is 5.97 Å². The first-order chi connectivity index (χ1) is 14.6. The maximum atomic E-state index is 12.5. The molecular formula is C24H21NO5. The van der Waals surface area contributed by atoms with E-state index >= 15 is 0 Å². The lowest BCUT2D eigenvalue weighted by molar-refractivity contribution is -0.124. The van der Waals surface area contributed by atoms with Gasteiger partial charge in [0.1, 0.15) is 11.3 Å². The van der Waals surface area contributed by atoms with E-state index in [1.165, 1.54) is 0 Å². The first-order valence-electron chi connectivity index (χ1n) is 9.54. The van der Waals surface area contributed by atoms with Gasteiger partial charge in [0.15, 0.2) is 6.61 Å². The standard InChI is InChI=1S/C24H21NO5/c1-15-19-12-9-17-5-3-4-6-20(17)23(19)30-22(15)24(27)29-14-21(26)25-13-16-7-10-18(28-2)11-8-16/h3-12H,13-14H2,1-2H3,(H,25,26). The molecule has 0 aliphatic heterocycles. The Kier molecular flexibility index (Phi) is 5.39. The van der Waals surface area contributed by atoms with E-state index in [0.29, 0.717) is 17.7 Å². The Morgan fingerprint density at radius 2 is 1.73 bits per heavy atom. The van der Waals surface area contributed by atoms with E-state index in [4.69, 9.17) is 13.9 Å². The Morgan fingerprint density at radius 3 is 2.50 bits per heavy atom. The summed E-state index contributed by atoms with van der Waals surface area (Å²) in [5.41, 5.74) is 2.25. The molecule has 1 heterocycles. The SMILES string of the molecule is COc1ccc(CNC(=O)COC(=O)c2oc3c(ccc4ccccc43)c2C)cc1. The molecule has 0 aliphatic rings. The van der Waals surface area contributed by atoms with Crippen molar-refractivity contribution in [3.8, 4) is 5.75 Å². The number of hydrogen-bond acceptors (Lipinski definition) is 5. The van der Waals surface area contributed by atoms with Gasteiger partial charge in [-0.3, -0.25) is 4.79 Å². The van der Waals surface area contributed by atoms with Crippen molar-refractivity contribution in [1.82, 2.24) is 5.32 Å². The van der Waals surface area contributed by atoms with Gasteiger partial charge in [0, 0.05) is 22.9 Å². The maximum absolute atomic E-state index is 12.5. The van der Waals surface area contributed by atoms with E-state index in [1.807, 2.05) is 60.7 Å². The minimum Gasteiger partial charge on any atom is -0.497 e. The van der Waals surface area contributed by atoms with Crippen LogP contribution in [0, 0.1) is 6.92 Å². The first kappa shape index (κ1) is 19.5. The quantitative estimate of drug-likeness (QED) is 0.484. The largest absolute Gasteiger partial charge is 0.497 e. The number of amides is 1. The van der Waals surface area contributed by atoms with E-state index in [0.717, 1.165) is 27.5 Å². The zero-order chi connectivity index (χ0) is 21.1. The highest BCUT2D eigenvalue weighted by molar-refractivity contribution is 6.08. The molecular weight excluding hydrogens is 382 g/mol. The molecule has 152 valence electrons. The van der Waals surface area contributed by atoms with Crippen LogP contribution in [-0.2, 0) is 16.1 Å². The van der Waals surface area contributed by atoms with Crippen molar-refractivity contribution < 1.29 is 23.5 Å². The zero-order valence-electron chi connectivity index (χ0n) is 16.7. The number of benzene rings is 3. The summed E-state index contributed by atoms with van der Waals surface area (Å²) in [4.78, 5) is 24.6. The summed E-state index contributed by atoms with van der Waals surface area (Å²) in [6, 6.07) is 19.1. The van der Waals surface area contributed by atoms with Gasteiger partial charge < -0.3 is 19.2 Å². The van der Waals surface area contributed by atoms with Gasteiger partial charge in [-0.25, -0.2) is 4.79 Å². The van der Waals surface area contributed by atoms with Gasteiger partial charge in [-0.15, -0.1) is 0 Å². The van der Waals surface area contributed by atoms with Crippen LogP contribution >= 0.6 is 0 Å². The van der Waals surface area contributed by atoms with Crippen LogP contribution in [0.4, 0.5) is 0 Å². The Bertz CT molecular complexity index is 1220. The minimum atomic E-state index is -0.660. The molecule has 1 amide bonds. The fourth-order valence-corrected chi connectivity index (χ4v) is 3.34. The lowest BCUT2D eigenvalue weighted by atomic mass is 10.1. The summed E-state index contributed by atoms with van der Waals surface area (Å²) >= 11 is 0. The molecule has 0 aliphatic carbocycles. The van der Waals surface area contributed by atoms with Gasteiger partial charge in [0.25, 0.3) is 5.91 Å². The molecule has 0 radical (unpaired) electrons. The smallest absolute Gasteiger partial charge is 0.375 e. The molecule has 30 heavy (non-hydrogen) atoms. The molecule has 0 saturated heterocycles. The number of esters is 1. The number of methoxy groups -OCH3 is 1. The van der Waals surface area contributed by atoms with Crippen molar-refractivity contribution in [2.75, 3.05) is 13.7 Å². The Hall–Kier alpha value is -3.80. The van der Waals surface area contributed by atoms with E-state index in [-0.39, 0.29) is 12.4 Å². The molecule has 4 aromatic rings. The van der Waals surface area contributed by atoms with Gasteiger partial charge in [-0.05, 0) is 30.0 Å². The summed E-state index contributed by atoms with van der Waals surface area (Å²) in [7, 11) is 1.59. The molecule has 6 nitrogen and oxygen atoms in total. The van der Waals surface area contributed by atoms with E-state index < -0.39 is 11.9 Å². The second-order valence-corrected chi connectivity index (χ2v) is 6.92. The van der Waals surface area contributed by atoms with Crippen LogP contribution in [0.25, 0.3) is 21.7 Å². The fraction of sp³-hybridized carbons (Fsp3) is 0.167. The van der Waals surface area contributed by atoms with Crippen LogP contribution in [0.15, 0.2) is 65.1 Å². The lowest BCUT2D eigenvalue weighted by Gasteiger charge is -2.07. The van der Waals surface area contributed by atoms with Crippen LogP contribution in [0.5, 0.6) is 5.75 Å². The Labute approximate surface area is 173 Å². The third kappa shape index (κ3) is 3.85. The number of aryl methyl sites for hydroxylation is 1. The molecule has 4 rings (SSSR count). The third-order valence-corrected chi connectivity index (χ3v) is 5.00. The predicted molar refractivity (Wildman–Crippen MR) is 114 cm³/mol. The highest BCUT2D eigenvalue weighted by Gasteiger charge is 2.21. The highest BCUT2D eigenvalue weighted by atomic mass is 16.5. The number of carbonyl (C=O) groups is 2. The number of rotatable bonds is 6. The molecule has 0 unspecified atom stereocenters. The van der Waals surface area contributed by atoms with Gasteiger partial charge in [-0.2, -0.15) is 0 Å². The average molecular weight is 403 g/mol. The number of furan rings is 1. The molecule has 0 fully saturated rings. The van der Waals surface area contributed by atoms with Crippen LogP contribution in [0.2, 0.25) is 0 Å². The van der Waals surface area contributed by atoms with Crippen molar-refractivity contribution in [3.63, 3.8) is 0 Å². The molecule has 1 aromatic heterocycles. The average Bonchev–Trinajstić information content (AvgIpc) is 3.13. The number of nitrogens with one attached hydrogen (secondary N) is 1. The van der Waals surface area contributed by atoms with Crippen LogP contribution < -0.4 is 10.1 Å².